The van der Waals surface area contributed by atoms with E-state index >= 15 is 0 Å². The number of fused-ring (bicyclic) bond motifs is 1. The lowest BCUT2D eigenvalue weighted by molar-refractivity contribution is -0.119. The van der Waals surface area contributed by atoms with Crippen LogP contribution in [0, 0.1) is 6.92 Å². The summed E-state index contributed by atoms with van der Waals surface area (Å²) in [7, 11) is 1.73. The van der Waals surface area contributed by atoms with Gasteiger partial charge in [-0.15, -0.1) is 0 Å². The Balaban J connectivity index is 1.27. The molecule has 0 aliphatic heterocycles. The number of esters is 1. The number of aromatic nitrogens is 5. The Morgan fingerprint density at radius 1 is 1.08 bits per heavy atom. The number of rotatable bonds is 6. The van der Waals surface area contributed by atoms with Crippen molar-refractivity contribution < 1.29 is 14.3 Å². The van der Waals surface area contributed by atoms with Crippen molar-refractivity contribution in [3.8, 4) is 17.1 Å². The Morgan fingerprint density at radius 3 is 2.64 bits per heavy atom. The minimum absolute atomic E-state index is 0.129. The molecule has 5 aromatic rings. The molecular formula is C26H22N6O4. The number of carbonyl (C=O) groups excluding carboxylic acids is 2. The van der Waals surface area contributed by atoms with Crippen molar-refractivity contribution in [2.75, 3.05) is 11.9 Å². The summed E-state index contributed by atoms with van der Waals surface area (Å²) in [5.74, 6) is -0.658. The van der Waals surface area contributed by atoms with E-state index in [9.17, 15) is 14.4 Å². The molecule has 10 nitrogen and oxygen atoms in total. The Labute approximate surface area is 205 Å². The molecule has 3 heterocycles. The summed E-state index contributed by atoms with van der Waals surface area (Å²) >= 11 is 0. The van der Waals surface area contributed by atoms with Crippen molar-refractivity contribution in [1.82, 2.24) is 24.3 Å². The van der Waals surface area contributed by atoms with Crippen LogP contribution in [0.1, 0.15) is 16.1 Å². The van der Waals surface area contributed by atoms with Gasteiger partial charge >= 0.3 is 5.97 Å². The van der Waals surface area contributed by atoms with Crippen LogP contribution in [0.2, 0.25) is 0 Å². The molecular weight excluding hydrogens is 460 g/mol. The third-order valence-electron chi connectivity index (χ3n) is 5.81. The van der Waals surface area contributed by atoms with Gasteiger partial charge < -0.3 is 15.0 Å². The maximum absolute atomic E-state index is 12.9. The van der Waals surface area contributed by atoms with Crippen LogP contribution in [0.4, 0.5) is 5.69 Å². The quantitative estimate of drug-likeness (QED) is 0.358. The van der Waals surface area contributed by atoms with E-state index in [2.05, 4.69) is 20.3 Å². The predicted octanol–water partition coefficient (Wildman–Crippen LogP) is 3.22. The number of hydrogen-bond acceptors (Lipinski definition) is 6. The second-order valence-electron chi connectivity index (χ2n) is 8.12. The SMILES string of the molecule is Cc1c(NC(=O)COC(=O)c2ccc3nc(-c4cccnc4)[nH]c3c2)c(=O)n(-c2ccccc2)n1C. The topological polar surface area (TPSA) is 124 Å². The first-order valence-corrected chi connectivity index (χ1v) is 11.1. The van der Waals surface area contributed by atoms with Crippen LogP contribution in [0.3, 0.4) is 0 Å². The van der Waals surface area contributed by atoms with Crippen LogP contribution < -0.4 is 10.9 Å². The van der Waals surface area contributed by atoms with Gasteiger partial charge in [-0.3, -0.25) is 19.3 Å². The zero-order valence-electron chi connectivity index (χ0n) is 19.6. The fourth-order valence-electron chi connectivity index (χ4n) is 3.88. The molecule has 10 heteroatoms. The number of nitrogens with one attached hydrogen (secondary N) is 2. The fourth-order valence-corrected chi connectivity index (χ4v) is 3.88. The van der Waals surface area contributed by atoms with Crippen LogP contribution in [0.25, 0.3) is 28.1 Å². The molecule has 0 atom stereocenters. The Kier molecular flexibility index (Phi) is 5.91. The van der Waals surface area contributed by atoms with E-state index in [0.717, 1.165) is 5.56 Å². The highest BCUT2D eigenvalue weighted by molar-refractivity contribution is 5.97. The standard InChI is InChI=1S/C26H22N6O4/c1-16-23(25(34)32(31(16)2)19-8-4-3-5-9-19)30-22(33)15-36-26(35)17-10-11-20-21(13-17)29-24(28-20)18-7-6-12-27-14-18/h3-14H,15H2,1-2H3,(H,28,29)(H,30,33). The molecule has 36 heavy (non-hydrogen) atoms. The summed E-state index contributed by atoms with van der Waals surface area (Å²) < 4.78 is 8.30. The lowest BCUT2D eigenvalue weighted by Gasteiger charge is -2.07. The molecule has 5 rings (SSSR count). The number of anilines is 1. The molecule has 0 spiro atoms. The van der Waals surface area contributed by atoms with E-state index in [1.54, 1.807) is 61.4 Å². The van der Waals surface area contributed by atoms with Gasteiger partial charge in [-0.25, -0.2) is 14.5 Å². The maximum atomic E-state index is 12.9. The Bertz CT molecular complexity index is 1630. The largest absolute Gasteiger partial charge is 0.452 e. The van der Waals surface area contributed by atoms with Gasteiger partial charge in [0.1, 0.15) is 11.5 Å². The van der Waals surface area contributed by atoms with Crippen molar-refractivity contribution in [3.05, 3.63) is 94.7 Å². The molecule has 2 aromatic carbocycles. The molecule has 0 bridgehead atoms. The third-order valence-corrected chi connectivity index (χ3v) is 5.81. The number of H-pyrrole nitrogens is 1. The van der Waals surface area contributed by atoms with Crippen molar-refractivity contribution in [2.45, 2.75) is 6.92 Å². The highest BCUT2D eigenvalue weighted by Gasteiger charge is 2.19. The maximum Gasteiger partial charge on any atom is 0.338 e. The molecule has 2 N–H and O–H groups in total. The second kappa shape index (κ2) is 9.34. The number of carbonyl (C=O) groups is 2. The first-order valence-electron chi connectivity index (χ1n) is 11.1. The van der Waals surface area contributed by atoms with Crippen molar-refractivity contribution in [1.29, 1.82) is 0 Å². The van der Waals surface area contributed by atoms with Crippen LogP contribution in [-0.2, 0) is 16.6 Å². The molecule has 1 amide bonds. The van der Waals surface area contributed by atoms with Crippen LogP contribution in [-0.4, -0.2) is 42.8 Å². The van der Waals surface area contributed by atoms with Crippen LogP contribution in [0.15, 0.2) is 77.9 Å². The lowest BCUT2D eigenvalue weighted by atomic mass is 10.2. The van der Waals surface area contributed by atoms with E-state index in [-0.39, 0.29) is 16.8 Å². The zero-order valence-corrected chi connectivity index (χ0v) is 19.6. The summed E-state index contributed by atoms with van der Waals surface area (Å²) in [5.41, 5.74) is 3.39. The summed E-state index contributed by atoms with van der Waals surface area (Å²) in [5, 5.41) is 2.58. The first kappa shape index (κ1) is 22.8. The molecule has 0 aliphatic carbocycles. The first-order chi connectivity index (χ1) is 17.4. The van der Waals surface area contributed by atoms with E-state index in [0.29, 0.717) is 28.2 Å². The average molecular weight is 483 g/mol. The average Bonchev–Trinajstić information content (AvgIpc) is 3.42. The predicted molar refractivity (Wildman–Crippen MR) is 134 cm³/mol. The number of benzene rings is 2. The van der Waals surface area contributed by atoms with Crippen molar-refractivity contribution in [2.24, 2.45) is 7.05 Å². The summed E-state index contributed by atoms with van der Waals surface area (Å²) in [6.45, 7) is 1.18. The van der Waals surface area contributed by atoms with Gasteiger partial charge in [-0.05, 0) is 49.4 Å². The van der Waals surface area contributed by atoms with Gasteiger partial charge in [0.25, 0.3) is 11.5 Å². The number of ether oxygens (including phenoxy) is 1. The Morgan fingerprint density at radius 2 is 1.89 bits per heavy atom. The number of pyridine rings is 1. The van der Waals surface area contributed by atoms with Gasteiger partial charge in [-0.1, -0.05) is 18.2 Å². The highest BCUT2D eigenvalue weighted by atomic mass is 16.5. The lowest BCUT2D eigenvalue weighted by Crippen LogP contribution is -2.25. The second-order valence-corrected chi connectivity index (χ2v) is 8.12. The molecule has 0 fully saturated rings. The van der Waals surface area contributed by atoms with Crippen LogP contribution in [0.5, 0.6) is 0 Å². The van der Waals surface area contributed by atoms with Gasteiger partial charge in [0, 0.05) is 25.0 Å². The van der Waals surface area contributed by atoms with E-state index in [1.807, 2.05) is 30.3 Å². The number of imidazole rings is 1. The molecule has 0 saturated carbocycles. The molecule has 0 unspecified atom stereocenters. The minimum atomic E-state index is -0.670. The van der Waals surface area contributed by atoms with Crippen LogP contribution >= 0.6 is 0 Å². The zero-order chi connectivity index (χ0) is 25.2. The monoisotopic (exact) mass is 482 g/mol. The van der Waals surface area contributed by atoms with Crippen molar-refractivity contribution >= 4 is 28.6 Å². The van der Waals surface area contributed by atoms with Gasteiger partial charge in [0.05, 0.1) is 28.0 Å². The number of aromatic amines is 1. The smallest absolute Gasteiger partial charge is 0.338 e. The Hall–Kier alpha value is -4.99. The van der Waals surface area contributed by atoms with E-state index in [1.165, 1.54) is 4.68 Å². The normalized spacial score (nSPS) is 10.9. The molecule has 3 aromatic heterocycles. The molecule has 0 aliphatic rings. The minimum Gasteiger partial charge on any atom is -0.452 e. The van der Waals surface area contributed by atoms with Gasteiger partial charge in [0.15, 0.2) is 6.61 Å². The number of para-hydroxylation sites is 1. The molecule has 180 valence electrons. The highest BCUT2D eigenvalue weighted by Crippen LogP contribution is 2.21. The number of amides is 1. The summed E-state index contributed by atoms with van der Waals surface area (Å²) in [6.07, 6.45) is 3.36. The van der Waals surface area contributed by atoms with E-state index < -0.39 is 18.5 Å². The number of hydrogen-bond donors (Lipinski definition) is 2. The summed E-state index contributed by atoms with van der Waals surface area (Å²) in [6, 6.07) is 17.7. The van der Waals surface area contributed by atoms with Gasteiger partial charge in [-0.2, -0.15) is 0 Å². The van der Waals surface area contributed by atoms with E-state index in [4.69, 9.17) is 4.74 Å². The molecule has 0 radical (unpaired) electrons. The number of nitrogens with zero attached hydrogens (tertiary/aromatic N) is 4. The summed E-state index contributed by atoms with van der Waals surface area (Å²) in [4.78, 5) is 49.8. The third kappa shape index (κ3) is 4.27. The fraction of sp³-hybridized carbons (Fsp3) is 0.115. The molecule has 0 saturated heterocycles. The van der Waals surface area contributed by atoms with Gasteiger partial charge in [0.2, 0.25) is 0 Å². The van der Waals surface area contributed by atoms with Crippen molar-refractivity contribution in [3.63, 3.8) is 0 Å².